The van der Waals surface area contributed by atoms with Crippen LogP contribution in [0.3, 0.4) is 0 Å². The summed E-state index contributed by atoms with van der Waals surface area (Å²) < 4.78 is 4.73. The Morgan fingerprint density at radius 1 is 1.19 bits per heavy atom. The van der Waals surface area contributed by atoms with Gasteiger partial charge in [-0.2, -0.15) is 0 Å². The van der Waals surface area contributed by atoms with Crippen LogP contribution in [0.5, 0.6) is 0 Å². The first kappa shape index (κ1) is 16.7. The second-order valence-corrected chi connectivity index (χ2v) is 6.94. The molecule has 0 bridgehead atoms. The number of hydrogen-bond acceptors (Lipinski definition) is 3. The van der Waals surface area contributed by atoms with E-state index in [9.17, 15) is 9.59 Å². The fourth-order valence-corrected chi connectivity index (χ4v) is 3.50. The van der Waals surface area contributed by atoms with Gasteiger partial charge in [-0.15, -0.1) is 0 Å². The van der Waals surface area contributed by atoms with Gasteiger partial charge >= 0.3 is 5.97 Å². The van der Waals surface area contributed by atoms with Crippen molar-refractivity contribution < 1.29 is 14.3 Å². The maximum absolute atomic E-state index is 13.0. The molecule has 2 aromatic carbocycles. The highest BCUT2D eigenvalue weighted by Gasteiger charge is 2.52. The number of hydrogen-bond donors (Lipinski definition) is 2. The van der Waals surface area contributed by atoms with Crippen molar-refractivity contribution >= 4 is 40.1 Å². The highest BCUT2D eigenvalue weighted by Crippen LogP contribution is 2.51. The zero-order valence-corrected chi connectivity index (χ0v) is 14.9. The average Bonchev–Trinajstić information content (AvgIpc) is 3.35. The SMILES string of the molecule is COC(=O)c1cccc(NC(=O)C2(c3c[nH]c4ccc(Cl)cc34)CC2)c1. The summed E-state index contributed by atoms with van der Waals surface area (Å²) in [5.41, 5.74) is 2.31. The minimum atomic E-state index is -0.565. The number of methoxy groups -OCH3 is 1. The largest absolute Gasteiger partial charge is 0.465 e. The van der Waals surface area contributed by atoms with Gasteiger partial charge in [-0.25, -0.2) is 4.79 Å². The Morgan fingerprint density at radius 2 is 2.00 bits per heavy atom. The van der Waals surface area contributed by atoms with Crippen molar-refractivity contribution in [1.29, 1.82) is 0 Å². The molecule has 0 atom stereocenters. The molecule has 5 nitrogen and oxygen atoms in total. The molecule has 1 amide bonds. The molecule has 4 rings (SSSR count). The van der Waals surface area contributed by atoms with E-state index in [2.05, 4.69) is 10.3 Å². The van der Waals surface area contributed by atoms with Gasteiger partial charge in [0.25, 0.3) is 0 Å². The van der Waals surface area contributed by atoms with Crippen molar-refractivity contribution in [3.8, 4) is 0 Å². The molecule has 1 saturated carbocycles. The van der Waals surface area contributed by atoms with E-state index < -0.39 is 11.4 Å². The molecule has 1 aliphatic carbocycles. The summed E-state index contributed by atoms with van der Waals surface area (Å²) >= 11 is 6.13. The van der Waals surface area contributed by atoms with Gasteiger partial charge in [-0.3, -0.25) is 4.79 Å². The molecule has 0 aliphatic heterocycles. The maximum atomic E-state index is 13.0. The Balaban J connectivity index is 1.64. The van der Waals surface area contributed by atoms with Crippen LogP contribution in [0, 0.1) is 0 Å². The summed E-state index contributed by atoms with van der Waals surface area (Å²) in [6.07, 6.45) is 3.43. The van der Waals surface area contributed by atoms with Gasteiger partial charge in [0.05, 0.1) is 18.1 Å². The van der Waals surface area contributed by atoms with E-state index in [4.69, 9.17) is 16.3 Å². The molecule has 3 aromatic rings. The first-order valence-electron chi connectivity index (χ1n) is 8.30. The molecule has 0 unspecified atom stereocenters. The van der Waals surface area contributed by atoms with Crippen LogP contribution in [0.15, 0.2) is 48.7 Å². The zero-order valence-electron chi connectivity index (χ0n) is 14.1. The van der Waals surface area contributed by atoms with E-state index >= 15 is 0 Å². The molecular formula is C20H17ClN2O3. The van der Waals surface area contributed by atoms with E-state index in [1.807, 2.05) is 24.4 Å². The van der Waals surface area contributed by atoms with Crippen LogP contribution < -0.4 is 5.32 Å². The Kier molecular flexibility index (Phi) is 3.96. The van der Waals surface area contributed by atoms with Gasteiger partial charge in [0.15, 0.2) is 0 Å². The van der Waals surface area contributed by atoms with Crippen LogP contribution in [0.2, 0.25) is 5.02 Å². The predicted octanol–water partition coefficient (Wildman–Crippen LogP) is 4.28. The van der Waals surface area contributed by atoms with Crippen molar-refractivity contribution in [1.82, 2.24) is 4.98 Å². The summed E-state index contributed by atoms with van der Waals surface area (Å²) in [7, 11) is 1.33. The molecule has 132 valence electrons. The second kappa shape index (κ2) is 6.18. The van der Waals surface area contributed by atoms with E-state index in [0.717, 1.165) is 29.3 Å². The standard InChI is InChI=1S/C20H17ClN2O3/c1-26-18(24)12-3-2-4-14(9-12)23-19(25)20(7-8-20)16-11-22-17-6-5-13(21)10-15(16)17/h2-6,9-11,22H,7-8H2,1H3,(H,23,25). The number of fused-ring (bicyclic) bond motifs is 1. The number of ether oxygens (including phenoxy) is 1. The number of halogens is 1. The fraction of sp³-hybridized carbons (Fsp3) is 0.200. The van der Waals surface area contributed by atoms with Crippen LogP contribution in [-0.2, 0) is 14.9 Å². The summed E-state index contributed by atoms with van der Waals surface area (Å²) in [5.74, 6) is -0.520. The highest BCUT2D eigenvalue weighted by molar-refractivity contribution is 6.31. The number of benzene rings is 2. The lowest BCUT2D eigenvalue weighted by atomic mass is 9.94. The lowest BCUT2D eigenvalue weighted by Crippen LogP contribution is -2.27. The average molecular weight is 369 g/mol. The van der Waals surface area contributed by atoms with Gasteiger partial charge < -0.3 is 15.0 Å². The third-order valence-electron chi connectivity index (χ3n) is 4.89. The molecule has 1 aromatic heterocycles. The molecule has 1 fully saturated rings. The van der Waals surface area contributed by atoms with Crippen LogP contribution in [0.25, 0.3) is 10.9 Å². The third kappa shape index (κ3) is 2.74. The van der Waals surface area contributed by atoms with Crippen molar-refractivity contribution in [2.24, 2.45) is 0 Å². The number of amides is 1. The number of aromatic nitrogens is 1. The minimum absolute atomic E-state index is 0.0830. The summed E-state index contributed by atoms with van der Waals surface area (Å²) in [6.45, 7) is 0. The molecule has 1 heterocycles. The number of carbonyl (C=O) groups excluding carboxylic acids is 2. The molecule has 1 aliphatic rings. The highest BCUT2D eigenvalue weighted by atomic mass is 35.5. The Labute approximate surface area is 155 Å². The molecule has 0 spiro atoms. The van der Waals surface area contributed by atoms with E-state index in [1.54, 1.807) is 24.3 Å². The van der Waals surface area contributed by atoms with Crippen LogP contribution in [0.1, 0.15) is 28.8 Å². The smallest absolute Gasteiger partial charge is 0.337 e. The fourth-order valence-electron chi connectivity index (χ4n) is 3.32. The molecule has 0 saturated heterocycles. The van der Waals surface area contributed by atoms with Gasteiger partial charge in [-0.05, 0) is 54.8 Å². The summed E-state index contributed by atoms with van der Waals surface area (Å²) in [6, 6.07) is 12.4. The number of anilines is 1. The number of rotatable bonds is 4. The van der Waals surface area contributed by atoms with E-state index in [-0.39, 0.29) is 5.91 Å². The van der Waals surface area contributed by atoms with Crippen molar-refractivity contribution in [2.45, 2.75) is 18.3 Å². The predicted molar refractivity (Wildman–Crippen MR) is 101 cm³/mol. The maximum Gasteiger partial charge on any atom is 0.337 e. The Bertz CT molecular complexity index is 1020. The lowest BCUT2D eigenvalue weighted by molar-refractivity contribution is -0.118. The number of nitrogens with one attached hydrogen (secondary N) is 2. The molecule has 6 heteroatoms. The number of aromatic amines is 1. The molecule has 26 heavy (non-hydrogen) atoms. The van der Waals surface area contributed by atoms with Crippen molar-refractivity contribution in [3.05, 3.63) is 64.8 Å². The van der Waals surface area contributed by atoms with Crippen LogP contribution >= 0.6 is 11.6 Å². The first-order valence-corrected chi connectivity index (χ1v) is 8.68. The van der Waals surface area contributed by atoms with Crippen LogP contribution in [-0.4, -0.2) is 24.0 Å². The first-order chi connectivity index (χ1) is 12.5. The molecule has 0 radical (unpaired) electrons. The van der Waals surface area contributed by atoms with Gasteiger partial charge in [0.2, 0.25) is 5.91 Å². The van der Waals surface area contributed by atoms with Crippen molar-refractivity contribution in [3.63, 3.8) is 0 Å². The topological polar surface area (TPSA) is 71.2 Å². The summed E-state index contributed by atoms with van der Waals surface area (Å²) in [5, 5.41) is 4.54. The van der Waals surface area contributed by atoms with Gasteiger partial charge in [-0.1, -0.05) is 17.7 Å². The third-order valence-corrected chi connectivity index (χ3v) is 5.12. The normalized spacial score (nSPS) is 14.8. The van der Waals surface area contributed by atoms with E-state index in [1.165, 1.54) is 7.11 Å². The molecular weight excluding hydrogens is 352 g/mol. The van der Waals surface area contributed by atoms with Gasteiger partial charge in [0.1, 0.15) is 0 Å². The monoisotopic (exact) mass is 368 g/mol. The second-order valence-electron chi connectivity index (χ2n) is 6.50. The van der Waals surface area contributed by atoms with Gasteiger partial charge in [0, 0.05) is 27.8 Å². The zero-order chi connectivity index (χ0) is 18.3. The summed E-state index contributed by atoms with van der Waals surface area (Å²) in [4.78, 5) is 27.9. The Hall–Kier alpha value is -2.79. The quantitative estimate of drug-likeness (QED) is 0.675. The lowest BCUT2D eigenvalue weighted by Gasteiger charge is -2.15. The minimum Gasteiger partial charge on any atom is -0.465 e. The molecule has 2 N–H and O–H groups in total. The number of carbonyl (C=O) groups is 2. The number of H-pyrrole nitrogens is 1. The van der Waals surface area contributed by atoms with E-state index in [0.29, 0.717) is 16.3 Å². The number of esters is 1. The van der Waals surface area contributed by atoms with Crippen molar-refractivity contribution in [2.75, 3.05) is 12.4 Å². The van der Waals surface area contributed by atoms with Crippen LogP contribution in [0.4, 0.5) is 5.69 Å². The Morgan fingerprint density at radius 3 is 2.73 bits per heavy atom.